The number of halogens is 1. The van der Waals surface area contributed by atoms with Crippen LogP contribution in [-0.2, 0) is 13.1 Å². The second-order valence-electron chi connectivity index (χ2n) is 8.31. The highest BCUT2D eigenvalue weighted by molar-refractivity contribution is 9.10. The van der Waals surface area contributed by atoms with Gasteiger partial charge in [0.05, 0.1) is 18.1 Å². The first-order valence-corrected chi connectivity index (χ1v) is 12.1. The second-order valence-corrected chi connectivity index (χ2v) is 9.22. The third kappa shape index (κ3) is 4.13. The molecule has 0 aliphatic carbocycles. The fourth-order valence-electron chi connectivity index (χ4n) is 4.62. The van der Waals surface area contributed by atoms with E-state index in [0.29, 0.717) is 6.54 Å². The highest BCUT2D eigenvalue weighted by Crippen LogP contribution is 2.44. The minimum absolute atomic E-state index is 0.0617. The minimum Gasteiger partial charge on any atom is -0.337 e. The van der Waals surface area contributed by atoms with Crippen molar-refractivity contribution in [2.24, 2.45) is 0 Å². The second kappa shape index (κ2) is 9.35. The topological polar surface area (TPSA) is 56.0 Å². The van der Waals surface area contributed by atoms with Gasteiger partial charge in [-0.25, -0.2) is 4.98 Å². The molecule has 1 atom stereocenters. The molecule has 1 aliphatic heterocycles. The summed E-state index contributed by atoms with van der Waals surface area (Å²) in [7, 11) is 0. The van der Waals surface area contributed by atoms with Gasteiger partial charge in [-0.2, -0.15) is 5.10 Å². The SMILES string of the molecule is CCCn1nc(-c2ccccc2)c2c1C(=O)N(CCCn1ccnc1)C2c1ccc(Br)cc1. The number of hydrogen-bond donors (Lipinski definition) is 0. The van der Waals surface area contributed by atoms with E-state index < -0.39 is 0 Å². The number of fused-ring (bicyclic) bond motifs is 1. The maximum absolute atomic E-state index is 13.8. The number of aromatic nitrogens is 4. The van der Waals surface area contributed by atoms with Crippen LogP contribution in [0.3, 0.4) is 0 Å². The summed E-state index contributed by atoms with van der Waals surface area (Å²) in [5.41, 5.74) is 4.79. The molecule has 168 valence electrons. The van der Waals surface area contributed by atoms with Crippen LogP contribution >= 0.6 is 15.9 Å². The lowest BCUT2D eigenvalue weighted by Gasteiger charge is -2.26. The smallest absolute Gasteiger partial charge is 0.273 e. The molecule has 1 unspecified atom stereocenters. The van der Waals surface area contributed by atoms with E-state index in [1.165, 1.54) is 0 Å². The molecule has 0 radical (unpaired) electrons. The maximum Gasteiger partial charge on any atom is 0.273 e. The lowest BCUT2D eigenvalue weighted by molar-refractivity contribution is 0.0734. The van der Waals surface area contributed by atoms with E-state index in [-0.39, 0.29) is 11.9 Å². The van der Waals surface area contributed by atoms with Crippen molar-refractivity contribution in [3.05, 3.63) is 94.6 Å². The van der Waals surface area contributed by atoms with Crippen LogP contribution < -0.4 is 0 Å². The van der Waals surface area contributed by atoms with Crippen LogP contribution in [0, 0.1) is 0 Å². The number of carbonyl (C=O) groups is 1. The molecule has 5 rings (SSSR count). The molecule has 2 aromatic heterocycles. The van der Waals surface area contributed by atoms with E-state index in [1.807, 2.05) is 52.4 Å². The lowest BCUT2D eigenvalue weighted by atomic mass is 9.96. The Balaban J connectivity index is 1.59. The van der Waals surface area contributed by atoms with Gasteiger partial charge in [0.25, 0.3) is 5.91 Å². The summed E-state index contributed by atoms with van der Waals surface area (Å²) < 4.78 is 4.99. The summed E-state index contributed by atoms with van der Waals surface area (Å²) >= 11 is 3.55. The minimum atomic E-state index is -0.163. The Morgan fingerprint density at radius 2 is 1.79 bits per heavy atom. The van der Waals surface area contributed by atoms with Crippen molar-refractivity contribution in [3.8, 4) is 11.3 Å². The van der Waals surface area contributed by atoms with E-state index in [2.05, 4.69) is 56.7 Å². The van der Waals surface area contributed by atoms with Gasteiger partial charge in [0.15, 0.2) is 0 Å². The Bertz CT molecular complexity index is 1230. The molecule has 6 nitrogen and oxygen atoms in total. The van der Waals surface area contributed by atoms with Gasteiger partial charge in [0.1, 0.15) is 5.69 Å². The molecule has 7 heteroatoms. The summed E-state index contributed by atoms with van der Waals surface area (Å²) in [6.07, 6.45) is 7.33. The third-order valence-electron chi connectivity index (χ3n) is 6.08. The zero-order chi connectivity index (χ0) is 22.8. The molecule has 4 aromatic rings. The number of hydrogen-bond acceptors (Lipinski definition) is 3. The molecule has 2 aromatic carbocycles. The monoisotopic (exact) mass is 503 g/mol. The van der Waals surface area contributed by atoms with Gasteiger partial charge in [-0.3, -0.25) is 9.48 Å². The van der Waals surface area contributed by atoms with Crippen LogP contribution in [0.15, 0.2) is 77.8 Å². The van der Waals surface area contributed by atoms with Crippen LogP contribution in [0.2, 0.25) is 0 Å². The number of benzene rings is 2. The zero-order valence-corrected chi connectivity index (χ0v) is 20.1. The van der Waals surface area contributed by atoms with E-state index >= 15 is 0 Å². The molecule has 0 fully saturated rings. The number of nitrogens with zero attached hydrogens (tertiary/aromatic N) is 5. The Morgan fingerprint density at radius 1 is 1.00 bits per heavy atom. The zero-order valence-electron chi connectivity index (χ0n) is 18.6. The Kier molecular flexibility index (Phi) is 6.13. The molecule has 3 heterocycles. The Labute approximate surface area is 202 Å². The van der Waals surface area contributed by atoms with Crippen molar-refractivity contribution >= 4 is 21.8 Å². The van der Waals surface area contributed by atoms with Crippen LogP contribution in [-0.4, -0.2) is 36.7 Å². The van der Waals surface area contributed by atoms with Gasteiger partial charge in [0, 0.05) is 47.6 Å². The van der Waals surface area contributed by atoms with Gasteiger partial charge in [-0.1, -0.05) is 65.3 Å². The van der Waals surface area contributed by atoms with Crippen LogP contribution in [0.25, 0.3) is 11.3 Å². The lowest BCUT2D eigenvalue weighted by Crippen LogP contribution is -2.32. The largest absolute Gasteiger partial charge is 0.337 e. The van der Waals surface area contributed by atoms with E-state index in [9.17, 15) is 4.79 Å². The van der Waals surface area contributed by atoms with Gasteiger partial charge in [-0.15, -0.1) is 0 Å². The average molecular weight is 504 g/mol. The fourth-order valence-corrected chi connectivity index (χ4v) is 4.88. The molecule has 0 N–H and O–H groups in total. The van der Waals surface area contributed by atoms with E-state index in [4.69, 9.17) is 5.10 Å². The fraction of sp³-hybridized carbons (Fsp3) is 0.269. The summed E-state index contributed by atoms with van der Waals surface area (Å²) in [4.78, 5) is 20.0. The summed E-state index contributed by atoms with van der Waals surface area (Å²) in [6.45, 7) is 4.31. The quantitative estimate of drug-likeness (QED) is 0.316. The predicted octanol–water partition coefficient (Wildman–Crippen LogP) is 5.55. The van der Waals surface area contributed by atoms with Crippen LogP contribution in [0.5, 0.6) is 0 Å². The number of carbonyl (C=O) groups excluding carboxylic acids is 1. The van der Waals surface area contributed by atoms with Crippen molar-refractivity contribution in [2.75, 3.05) is 6.54 Å². The molecule has 33 heavy (non-hydrogen) atoms. The van der Waals surface area contributed by atoms with Crippen molar-refractivity contribution in [2.45, 2.75) is 38.9 Å². The van der Waals surface area contributed by atoms with Gasteiger partial charge < -0.3 is 9.47 Å². The molecule has 1 aliphatic rings. The van der Waals surface area contributed by atoms with Gasteiger partial charge in [-0.05, 0) is 30.5 Å². The van der Waals surface area contributed by atoms with E-state index in [0.717, 1.165) is 58.5 Å². The number of amides is 1. The summed E-state index contributed by atoms with van der Waals surface area (Å²) in [6, 6.07) is 18.3. The molecular weight excluding hydrogens is 478 g/mol. The first kappa shape index (κ1) is 21.6. The standard InChI is InChI=1S/C26H26BrN5O/c1-2-14-32-25-22(23(29-32)19-7-4-3-5-8-19)24(20-9-11-21(27)12-10-20)31(26(25)33)16-6-15-30-17-13-28-18-30/h3-5,7-13,17-18,24H,2,6,14-16H2,1H3. The average Bonchev–Trinajstić information content (AvgIpc) is 3.54. The van der Waals surface area contributed by atoms with Crippen molar-refractivity contribution in [1.82, 2.24) is 24.2 Å². The Morgan fingerprint density at radius 3 is 2.48 bits per heavy atom. The molecule has 0 saturated carbocycles. The van der Waals surface area contributed by atoms with Crippen molar-refractivity contribution in [1.29, 1.82) is 0 Å². The number of rotatable bonds is 8. The molecule has 1 amide bonds. The molecule has 0 bridgehead atoms. The van der Waals surface area contributed by atoms with Crippen LogP contribution in [0.1, 0.15) is 47.4 Å². The predicted molar refractivity (Wildman–Crippen MR) is 132 cm³/mol. The number of imidazole rings is 1. The molecule has 0 saturated heterocycles. The molecule has 0 spiro atoms. The Hall–Kier alpha value is -3.19. The first-order chi connectivity index (χ1) is 16.2. The first-order valence-electron chi connectivity index (χ1n) is 11.4. The van der Waals surface area contributed by atoms with Gasteiger partial charge in [0.2, 0.25) is 0 Å². The van der Waals surface area contributed by atoms with Crippen molar-refractivity contribution in [3.63, 3.8) is 0 Å². The third-order valence-corrected chi connectivity index (χ3v) is 6.61. The highest BCUT2D eigenvalue weighted by Gasteiger charge is 2.43. The van der Waals surface area contributed by atoms with Gasteiger partial charge >= 0.3 is 0 Å². The highest BCUT2D eigenvalue weighted by atomic mass is 79.9. The van der Waals surface area contributed by atoms with E-state index in [1.54, 1.807) is 6.20 Å². The molecular formula is C26H26BrN5O. The van der Waals surface area contributed by atoms with Crippen LogP contribution in [0.4, 0.5) is 0 Å². The van der Waals surface area contributed by atoms with Crippen molar-refractivity contribution < 1.29 is 4.79 Å². The summed E-state index contributed by atoms with van der Waals surface area (Å²) in [5.74, 6) is 0.0617. The summed E-state index contributed by atoms with van der Waals surface area (Å²) in [5, 5.41) is 4.94. The normalized spacial score (nSPS) is 15.3. The maximum atomic E-state index is 13.8. The number of aryl methyl sites for hydroxylation is 2.